The number of amides is 1. The molecule has 1 aromatic rings. The first-order chi connectivity index (χ1) is 13.0. The maximum absolute atomic E-state index is 11.7. The molecule has 6 nitrogen and oxygen atoms in total. The van der Waals surface area contributed by atoms with Gasteiger partial charge in [-0.05, 0) is 43.4 Å². The van der Waals surface area contributed by atoms with Crippen molar-refractivity contribution in [3.63, 3.8) is 0 Å². The third-order valence-electron chi connectivity index (χ3n) is 3.83. The molecule has 1 rings (SSSR count). The molecule has 0 unspecified atom stereocenters. The van der Waals surface area contributed by atoms with Gasteiger partial charge in [-0.1, -0.05) is 32.9 Å². The van der Waals surface area contributed by atoms with E-state index in [0.717, 1.165) is 49.7 Å². The number of ether oxygens (including phenoxy) is 1. The van der Waals surface area contributed by atoms with Gasteiger partial charge in [-0.3, -0.25) is 4.79 Å². The van der Waals surface area contributed by atoms with E-state index in [-0.39, 0.29) is 5.91 Å². The van der Waals surface area contributed by atoms with E-state index in [1.165, 1.54) is 0 Å². The fourth-order valence-corrected chi connectivity index (χ4v) is 2.37. The minimum Gasteiger partial charge on any atom is -0.380 e. The van der Waals surface area contributed by atoms with Gasteiger partial charge >= 0.3 is 0 Å². The summed E-state index contributed by atoms with van der Waals surface area (Å²) in [5.74, 6) is 1.48. The Kier molecular flexibility index (Phi) is 11.9. The van der Waals surface area contributed by atoms with E-state index in [1.54, 1.807) is 0 Å². The summed E-state index contributed by atoms with van der Waals surface area (Å²) >= 11 is 0. The Balaban J connectivity index is 2.48. The van der Waals surface area contributed by atoms with Gasteiger partial charge in [0, 0.05) is 31.8 Å². The van der Waals surface area contributed by atoms with Gasteiger partial charge in [0.05, 0.1) is 13.2 Å². The third kappa shape index (κ3) is 11.3. The Morgan fingerprint density at radius 2 is 2.00 bits per heavy atom. The quantitative estimate of drug-likeness (QED) is 0.296. The zero-order valence-electron chi connectivity index (χ0n) is 17.3. The minimum atomic E-state index is 0.0469. The summed E-state index contributed by atoms with van der Waals surface area (Å²) < 4.78 is 5.62. The number of benzene rings is 1. The number of hydrogen-bond acceptors (Lipinski definition) is 3. The molecule has 0 bridgehead atoms. The van der Waals surface area contributed by atoms with Crippen LogP contribution in [0, 0.1) is 5.92 Å². The molecule has 0 radical (unpaired) electrons. The van der Waals surface area contributed by atoms with Crippen molar-refractivity contribution in [1.29, 1.82) is 0 Å². The smallest absolute Gasteiger partial charge is 0.224 e. The Morgan fingerprint density at radius 1 is 1.19 bits per heavy atom. The first-order valence-electron chi connectivity index (χ1n) is 10.0. The molecule has 0 saturated carbocycles. The van der Waals surface area contributed by atoms with Gasteiger partial charge < -0.3 is 20.7 Å². The van der Waals surface area contributed by atoms with Gasteiger partial charge in [-0.15, -0.1) is 0 Å². The van der Waals surface area contributed by atoms with Gasteiger partial charge in [0.25, 0.3) is 0 Å². The van der Waals surface area contributed by atoms with Crippen LogP contribution in [-0.2, 0) is 16.1 Å². The topological polar surface area (TPSA) is 74.8 Å². The lowest BCUT2D eigenvalue weighted by molar-refractivity contribution is -0.116. The van der Waals surface area contributed by atoms with E-state index in [4.69, 9.17) is 4.74 Å². The van der Waals surface area contributed by atoms with Gasteiger partial charge in [-0.25, -0.2) is 4.99 Å². The molecule has 0 aliphatic carbocycles. The van der Waals surface area contributed by atoms with Crippen LogP contribution >= 0.6 is 0 Å². The summed E-state index contributed by atoms with van der Waals surface area (Å²) in [6.07, 6.45) is 2.46. The standard InChI is InChI=1S/C21H36N4O2/c1-5-8-20(26)25-19-10-7-9-18(15-19)16-24-21(22-6-2)23-12-14-27-13-11-17(3)4/h7,9-10,15,17H,5-6,8,11-14,16H2,1-4H3,(H,25,26)(H2,22,23,24). The van der Waals surface area contributed by atoms with Crippen molar-refractivity contribution in [2.45, 2.75) is 53.5 Å². The van der Waals surface area contributed by atoms with Crippen molar-refractivity contribution >= 4 is 17.6 Å². The maximum Gasteiger partial charge on any atom is 0.224 e. The molecule has 1 aromatic carbocycles. The lowest BCUT2D eigenvalue weighted by Gasteiger charge is -2.12. The second kappa shape index (κ2) is 14.0. The third-order valence-corrected chi connectivity index (χ3v) is 3.83. The molecule has 0 aliphatic rings. The summed E-state index contributed by atoms with van der Waals surface area (Å²) in [5.41, 5.74) is 1.87. The predicted molar refractivity (Wildman–Crippen MR) is 113 cm³/mol. The summed E-state index contributed by atoms with van der Waals surface area (Å²) in [6, 6.07) is 7.82. The average Bonchev–Trinajstić information content (AvgIpc) is 2.62. The number of nitrogens with zero attached hydrogens (tertiary/aromatic N) is 1. The largest absolute Gasteiger partial charge is 0.380 e. The molecule has 0 aromatic heterocycles. The molecule has 0 spiro atoms. The fourth-order valence-electron chi connectivity index (χ4n) is 2.37. The second-order valence-corrected chi connectivity index (χ2v) is 6.92. The molecular formula is C21H36N4O2. The SMILES string of the molecule is CCCC(=O)Nc1cccc(CN=C(NCC)NCCOCCC(C)C)c1. The summed E-state index contributed by atoms with van der Waals surface area (Å²) in [6.45, 7) is 11.9. The zero-order chi connectivity index (χ0) is 19.9. The normalized spacial score (nSPS) is 11.5. The van der Waals surface area contributed by atoms with Crippen molar-refractivity contribution < 1.29 is 9.53 Å². The zero-order valence-corrected chi connectivity index (χ0v) is 17.3. The van der Waals surface area contributed by atoms with E-state index >= 15 is 0 Å². The number of carbonyl (C=O) groups excluding carboxylic acids is 1. The number of anilines is 1. The highest BCUT2D eigenvalue weighted by Crippen LogP contribution is 2.12. The van der Waals surface area contributed by atoms with Crippen LogP contribution in [0.3, 0.4) is 0 Å². The minimum absolute atomic E-state index is 0.0469. The molecular weight excluding hydrogens is 340 g/mol. The van der Waals surface area contributed by atoms with Crippen LogP contribution in [0.2, 0.25) is 0 Å². The molecule has 0 aliphatic heterocycles. The van der Waals surface area contributed by atoms with Crippen molar-refractivity contribution in [3.05, 3.63) is 29.8 Å². The van der Waals surface area contributed by atoms with Crippen molar-refractivity contribution in [3.8, 4) is 0 Å². The predicted octanol–water partition coefficient (Wildman–Crippen LogP) is 3.54. The van der Waals surface area contributed by atoms with Gasteiger partial charge in [0.15, 0.2) is 5.96 Å². The number of nitrogens with one attached hydrogen (secondary N) is 3. The van der Waals surface area contributed by atoms with Crippen LogP contribution in [0.25, 0.3) is 0 Å². The van der Waals surface area contributed by atoms with Crippen LogP contribution in [0.4, 0.5) is 5.69 Å². The Labute approximate surface area is 164 Å². The Morgan fingerprint density at radius 3 is 2.70 bits per heavy atom. The summed E-state index contributed by atoms with van der Waals surface area (Å²) in [7, 11) is 0. The van der Waals surface area contributed by atoms with E-state index in [0.29, 0.717) is 25.5 Å². The molecule has 0 saturated heterocycles. The fraction of sp³-hybridized carbons (Fsp3) is 0.619. The molecule has 152 valence electrons. The van der Waals surface area contributed by atoms with Crippen LogP contribution in [0.5, 0.6) is 0 Å². The first kappa shape index (κ1) is 23.0. The maximum atomic E-state index is 11.7. The van der Waals surface area contributed by atoms with Crippen LogP contribution < -0.4 is 16.0 Å². The highest BCUT2D eigenvalue weighted by Gasteiger charge is 2.02. The van der Waals surface area contributed by atoms with E-state index in [9.17, 15) is 4.79 Å². The molecule has 3 N–H and O–H groups in total. The van der Waals surface area contributed by atoms with Crippen LogP contribution in [0.1, 0.15) is 52.5 Å². The van der Waals surface area contributed by atoms with Crippen molar-refractivity contribution in [1.82, 2.24) is 10.6 Å². The first-order valence-corrected chi connectivity index (χ1v) is 10.0. The van der Waals surface area contributed by atoms with E-state index < -0.39 is 0 Å². The lowest BCUT2D eigenvalue weighted by atomic mass is 10.1. The number of aliphatic imine (C=N–C) groups is 1. The second-order valence-electron chi connectivity index (χ2n) is 6.92. The van der Waals surface area contributed by atoms with E-state index in [1.807, 2.05) is 38.1 Å². The highest BCUT2D eigenvalue weighted by atomic mass is 16.5. The molecule has 0 heterocycles. The monoisotopic (exact) mass is 376 g/mol. The molecule has 0 fully saturated rings. The Hall–Kier alpha value is -2.08. The molecule has 1 amide bonds. The molecule has 0 atom stereocenters. The summed E-state index contributed by atoms with van der Waals surface area (Å²) in [4.78, 5) is 16.3. The lowest BCUT2D eigenvalue weighted by Crippen LogP contribution is -2.39. The number of carbonyl (C=O) groups is 1. The molecule has 6 heteroatoms. The van der Waals surface area contributed by atoms with Gasteiger partial charge in [0.1, 0.15) is 0 Å². The number of guanidine groups is 1. The van der Waals surface area contributed by atoms with Crippen molar-refractivity contribution in [2.24, 2.45) is 10.9 Å². The van der Waals surface area contributed by atoms with Gasteiger partial charge in [-0.2, -0.15) is 0 Å². The van der Waals surface area contributed by atoms with Crippen molar-refractivity contribution in [2.75, 3.05) is 31.6 Å². The average molecular weight is 377 g/mol. The van der Waals surface area contributed by atoms with Gasteiger partial charge in [0.2, 0.25) is 5.91 Å². The Bertz CT molecular complexity index is 573. The molecule has 27 heavy (non-hydrogen) atoms. The number of hydrogen-bond donors (Lipinski definition) is 3. The highest BCUT2D eigenvalue weighted by molar-refractivity contribution is 5.90. The van der Waals surface area contributed by atoms with Crippen LogP contribution in [0.15, 0.2) is 29.3 Å². The van der Waals surface area contributed by atoms with E-state index in [2.05, 4.69) is 34.8 Å². The number of rotatable bonds is 12. The summed E-state index contributed by atoms with van der Waals surface area (Å²) in [5, 5.41) is 9.45. The van der Waals surface area contributed by atoms with Crippen LogP contribution in [-0.4, -0.2) is 38.2 Å².